The van der Waals surface area contributed by atoms with Crippen LogP contribution < -0.4 is 0 Å². The third-order valence-corrected chi connectivity index (χ3v) is 3.45. The molecular formula is C11H23N. The molecule has 0 aromatic heterocycles. The topological polar surface area (TPSA) is 3.24 Å². The third kappa shape index (κ3) is 2.48. The van der Waals surface area contributed by atoms with Crippen LogP contribution in [0.2, 0.25) is 0 Å². The second-order valence-electron chi connectivity index (χ2n) is 4.73. The van der Waals surface area contributed by atoms with Gasteiger partial charge in [-0.15, -0.1) is 0 Å². The van der Waals surface area contributed by atoms with Gasteiger partial charge >= 0.3 is 0 Å². The summed E-state index contributed by atoms with van der Waals surface area (Å²) in [6, 6.07) is 0.877. The molecule has 0 spiro atoms. The fraction of sp³-hybridized carbons (Fsp3) is 1.00. The molecule has 1 heterocycles. The van der Waals surface area contributed by atoms with E-state index in [1.54, 1.807) is 0 Å². The van der Waals surface area contributed by atoms with Gasteiger partial charge in [-0.3, -0.25) is 0 Å². The molecule has 2 atom stereocenters. The summed E-state index contributed by atoms with van der Waals surface area (Å²) in [5.74, 6) is 1.73. The van der Waals surface area contributed by atoms with Crippen LogP contribution in [0.1, 0.15) is 40.0 Å². The van der Waals surface area contributed by atoms with Crippen LogP contribution in [-0.2, 0) is 0 Å². The van der Waals surface area contributed by atoms with Crippen LogP contribution in [0.25, 0.3) is 0 Å². The monoisotopic (exact) mass is 169 g/mol. The average molecular weight is 169 g/mol. The normalized spacial score (nSPS) is 28.2. The second-order valence-corrected chi connectivity index (χ2v) is 4.73. The van der Waals surface area contributed by atoms with E-state index in [-0.39, 0.29) is 0 Å². The third-order valence-electron chi connectivity index (χ3n) is 3.45. The Hall–Kier alpha value is -0.0400. The minimum Gasteiger partial charge on any atom is -0.303 e. The van der Waals surface area contributed by atoms with E-state index >= 15 is 0 Å². The summed E-state index contributed by atoms with van der Waals surface area (Å²) in [5.41, 5.74) is 0. The van der Waals surface area contributed by atoms with Crippen molar-refractivity contribution >= 4 is 0 Å². The van der Waals surface area contributed by atoms with Gasteiger partial charge in [0.15, 0.2) is 0 Å². The molecule has 0 bridgehead atoms. The van der Waals surface area contributed by atoms with Gasteiger partial charge in [0.2, 0.25) is 0 Å². The van der Waals surface area contributed by atoms with Crippen LogP contribution in [0.3, 0.4) is 0 Å². The molecule has 1 aliphatic heterocycles. The van der Waals surface area contributed by atoms with E-state index in [0.717, 1.165) is 17.9 Å². The first kappa shape index (κ1) is 10.0. The molecule has 1 rings (SSSR count). The number of hydrogen-bond acceptors (Lipinski definition) is 1. The Morgan fingerprint density at radius 1 is 1.33 bits per heavy atom. The highest BCUT2D eigenvalue weighted by atomic mass is 15.1. The number of nitrogens with zero attached hydrogens (tertiary/aromatic N) is 1. The fourth-order valence-corrected chi connectivity index (χ4v) is 1.98. The van der Waals surface area contributed by atoms with Crippen molar-refractivity contribution in [3.05, 3.63) is 0 Å². The Kier molecular flexibility index (Phi) is 3.57. The van der Waals surface area contributed by atoms with Crippen LogP contribution >= 0.6 is 0 Å². The van der Waals surface area contributed by atoms with Crippen molar-refractivity contribution in [2.24, 2.45) is 11.8 Å². The highest BCUT2D eigenvalue weighted by Gasteiger charge is 2.23. The van der Waals surface area contributed by atoms with E-state index in [2.05, 4.69) is 32.7 Å². The summed E-state index contributed by atoms with van der Waals surface area (Å²) in [7, 11) is 2.27. The summed E-state index contributed by atoms with van der Waals surface area (Å²) in [6.07, 6.45) is 4.23. The maximum atomic E-state index is 2.53. The molecule has 1 heteroatoms. The molecule has 1 saturated heterocycles. The molecule has 0 amide bonds. The van der Waals surface area contributed by atoms with Gasteiger partial charge in [0, 0.05) is 6.04 Å². The second kappa shape index (κ2) is 4.27. The van der Waals surface area contributed by atoms with Gasteiger partial charge in [-0.1, -0.05) is 20.8 Å². The van der Waals surface area contributed by atoms with Crippen LogP contribution in [0.4, 0.5) is 0 Å². The number of likely N-dealkylation sites (tertiary alicyclic amines) is 1. The molecule has 1 nitrogen and oxygen atoms in total. The highest BCUT2D eigenvalue weighted by Crippen LogP contribution is 2.25. The largest absolute Gasteiger partial charge is 0.303 e. The van der Waals surface area contributed by atoms with Crippen molar-refractivity contribution in [3.63, 3.8) is 0 Å². The molecule has 0 N–H and O–H groups in total. The lowest BCUT2D eigenvalue weighted by Gasteiger charge is -2.24. The Labute approximate surface area is 77.1 Å². The zero-order valence-electron chi connectivity index (χ0n) is 9.01. The molecule has 1 fully saturated rings. The Morgan fingerprint density at radius 2 is 2.00 bits per heavy atom. The molecule has 0 aromatic carbocycles. The molecule has 12 heavy (non-hydrogen) atoms. The molecule has 0 radical (unpaired) electrons. The standard InChI is InChI=1S/C11H23N/c1-9(2)10(3)8-11-6-5-7-12(11)4/h9-11H,5-8H2,1-4H3. The van der Waals surface area contributed by atoms with E-state index in [1.165, 1.54) is 25.8 Å². The quantitative estimate of drug-likeness (QED) is 0.628. The maximum Gasteiger partial charge on any atom is 0.00953 e. The molecular weight excluding hydrogens is 146 g/mol. The molecule has 2 unspecified atom stereocenters. The van der Waals surface area contributed by atoms with Crippen LogP contribution in [0.5, 0.6) is 0 Å². The molecule has 0 aliphatic carbocycles. The summed E-state index contributed by atoms with van der Waals surface area (Å²) in [4.78, 5) is 2.53. The Bertz CT molecular complexity index is 131. The molecule has 1 aliphatic rings. The van der Waals surface area contributed by atoms with Crippen molar-refractivity contribution in [1.29, 1.82) is 0 Å². The lowest BCUT2D eigenvalue weighted by Crippen LogP contribution is -2.27. The van der Waals surface area contributed by atoms with E-state index in [0.29, 0.717) is 0 Å². The predicted octanol–water partition coefficient (Wildman–Crippen LogP) is 2.76. The summed E-state index contributed by atoms with van der Waals surface area (Å²) >= 11 is 0. The van der Waals surface area contributed by atoms with Gasteiger partial charge in [-0.25, -0.2) is 0 Å². The van der Waals surface area contributed by atoms with E-state index in [9.17, 15) is 0 Å². The zero-order valence-corrected chi connectivity index (χ0v) is 9.01. The first-order chi connectivity index (χ1) is 5.61. The van der Waals surface area contributed by atoms with E-state index in [4.69, 9.17) is 0 Å². The lowest BCUT2D eigenvalue weighted by molar-refractivity contribution is 0.241. The van der Waals surface area contributed by atoms with Gasteiger partial charge in [0.05, 0.1) is 0 Å². The van der Waals surface area contributed by atoms with Crippen molar-refractivity contribution in [2.75, 3.05) is 13.6 Å². The molecule has 72 valence electrons. The summed E-state index contributed by atoms with van der Waals surface area (Å²) in [5, 5.41) is 0. The van der Waals surface area contributed by atoms with Crippen molar-refractivity contribution in [1.82, 2.24) is 4.90 Å². The van der Waals surface area contributed by atoms with E-state index in [1.807, 2.05) is 0 Å². The van der Waals surface area contributed by atoms with Crippen LogP contribution in [0.15, 0.2) is 0 Å². The SMILES string of the molecule is CC(C)C(C)CC1CCCN1C. The summed E-state index contributed by atoms with van der Waals surface area (Å²) in [6.45, 7) is 8.37. The van der Waals surface area contributed by atoms with Crippen molar-refractivity contribution in [2.45, 2.75) is 46.1 Å². The fourth-order valence-electron chi connectivity index (χ4n) is 1.98. The molecule has 0 aromatic rings. The highest BCUT2D eigenvalue weighted by molar-refractivity contribution is 4.78. The lowest BCUT2D eigenvalue weighted by atomic mass is 9.90. The van der Waals surface area contributed by atoms with Gasteiger partial charge in [-0.2, -0.15) is 0 Å². The average Bonchev–Trinajstić information content (AvgIpc) is 2.36. The molecule has 0 saturated carbocycles. The predicted molar refractivity (Wildman–Crippen MR) is 54.3 cm³/mol. The van der Waals surface area contributed by atoms with Crippen molar-refractivity contribution in [3.8, 4) is 0 Å². The number of hydrogen-bond donors (Lipinski definition) is 0. The minimum atomic E-state index is 0.846. The van der Waals surface area contributed by atoms with Crippen molar-refractivity contribution < 1.29 is 0 Å². The zero-order chi connectivity index (χ0) is 9.14. The van der Waals surface area contributed by atoms with Gasteiger partial charge < -0.3 is 4.90 Å². The van der Waals surface area contributed by atoms with Crippen LogP contribution in [-0.4, -0.2) is 24.5 Å². The first-order valence-corrected chi connectivity index (χ1v) is 5.31. The Morgan fingerprint density at radius 3 is 2.42 bits per heavy atom. The van der Waals surface area contributed by atoms with Gasteiger partial charge in [0.25, 0.3) is 0 Å². The smallest absolute Gasteiger partial charge is 0.00953 e. The minimum absolute atomic E-state index is 0.846. The van der Waals surface area contributed by atoms with E-state index < -0.39 is 0 Å². The number of rotatable bonds is 3. The maximum absolute atomic E-state index is 2.53. The Balaban J connectivity index is 2.30. The summed E-state index contributed by atoms with van der Waals surface area (Å²) < 4.78 is 0. The van der Waals surface area contributed by atoms with Gasteiger partial charge in [0.1, 0.15) is 0 Å². The van der Waals surface area contributed by atoms with Gasteiger partial charge in [-0.05, 0) is 44.7 Å². The van der Waals surface area contributed by atoms with Crippen LogP contribution in [0, 0.1) is 11.8 Å². The first-order valence-electron chi connectivity index (χ1n) is 5.31.